The molecule has 1 aromatic carbocycles. The van der Waals surface area contributed by atoms with Crippen molar-refractivity contribution >= 4 is 43.5 Å². The first-order valence-corrected chi connectivity index (χ1v) is 7.45. The van der Waals surface area contributed by atoms with E-state index in [9.17, 15) is 0 Å². The second kappa shape index (κ2) is 6.24. The molecule has 0 fully saturated rings. The van der Waals surface area contributed by atoms with Crippen molar-refractivity contribution in [3.8, 4) is 0 Å². The molecule has 0 amide bonds. The van der Waals surface area contributed by atoms with Crippen LogP contribution in [0, 0.1) is 0 Å². The maximum Gasteiger partial charge on any atom is 0.183 e. The predicted molar refractivity (Wildman–Crippen MR) is 80.8 cm³/mol. The molecule has 0 saturated carbocycles. The third kappa shape index (κ3) is 3.60. The summed E-state index contributed by atoms with van der Waals surface area (Å²) in [5.41, 5.74) is 1.20. The van der Waals surface area contributed by atoms with Gasteiger partial charge < -0.3 is 9.73 Å². The Balaban J connectivity index is 1.95. The Kier molecular flexibility index (Phi) is 4.90. The van der Waals surface area contributed by atoms with Gasteiger partial charge in [0.25, 0.3) is 0 Å². The molecule has 0 unspecified atom stereocenters. The summed E-state index contributed by atoms with van der Waals surface area (Å²) in [7, 11) is 0. The molecule has 1 heterocycles. The largest absolute Gasteiger partial charge is 0.452 e. The Morgan fingerprint density at radius 1 is 1.28 bits per heavy atom. The summed E-state index contributed by atoms with van der Waals surface area (Å²) in [5, 5.41) is 4.15. The number of furan rings is 1. The Bertz CT molecular complexity index is 505. The van der Waals surface area contributed by atoms with Crippen molar-refractivity contribution in [1.29, 1.82) is 0 Å². The molecule has 2 nitrogen and oxygen atoms in total. The molecule has 2 aromatic rings. The highest BCUT2D eigenvalue weighted by molar-refractivity contribution is 9.13. The quantitative estimate of drug-likeness (QED) is 0.762. The fraction of sp³-hybridized carbons (Fsp3) is 0.231. The number of nitrogens with one attached hydrogen (secondary N) is 1. The molecule has 0 aliphatic carbocycles. The van der Waals surface area contributed by atoms with E-state index >= 15 is 0 Å². The molecular formula is C13H12Br2ClNO. The number of halogens is 3. The third-order valence-electron chi connectivity index (χ3n) is 2.65. The molecule has 2 rings (SSSR count). The lowest BCUT2D eigenvalue weighted by molar-refractivity contribution is 0.446. The van der Waals surface area contributed by atoms with Crippen molar-refractivity contribution in [3.63, 3.8) is 0 Å². The van der Waals surface area contributed by atoms with Crippen LogP contribution in [0.2, 0.25) is 5.02 Å². The van der Waals surface area contributed by atoms with E-state index in [1.54, 1.807) is 0 Å². The Hall–Kier alpha value is -0.290. The van der Waals surface area contributed by atoms with Crippen LogP contribution in [0.15, 0.2) is 43.9 Å². The molecule has 0 bridgehead atoms. The predicted octanol–water partition coefficient (Wildman–Crippen LogP) is 5.31. The van der Waals surface area contributed by atoms with Crippen LogP contribution in [0.3, 0.4) is 0 Å². The second-order valence-electron chi connectivity index (χ2n) is 3.99. The van der Waals surface area contributed by atoms with Gasteiger partial charge in [0.1, 0.15) is 5.76 Å². The molecule has 0 spiro atoms. The van der Waals surface area contributed by atoms with Crippen molar-refractivity contribution in [2.45, 2.75) is 19.5 Å². The zero-order chi connectivity index (χ0) is 13.1. The summed E-state index contributed by atoms with van der Waals surface area (Å²) >= 11 is 12.6. The van der Waals surface area contributed by atoms with Gasteiger partial charge in [-0.25, -0.2) is 0 Å². The van der Waals surface area contributed by atoms with Crippen molar-refractivity contribution in [1.82, 2.24) is 5.32 Å². The van der Waals surface area contributed by atoms with Gasteiger partial charge in [-0.2, -0.15) is 0 Å². The Morgan fingerprint density at radius 2 is 1.94 bits per heavy atom. The molecule has 0 radical (unpaired) electrons. The van der Waals surface area contributed by atoms with Gasteiger partial charge in [-0.05, 0) is 62.5 Å². The van der Waals surface area contributed by atoms with Crippen LogP contribution in [-0.4, -0.2) is 0 Å². The minimum atomic E-state index is 0.241. The van der Waals surface area contributed by atoms with Crippen LogP contribution in [0.1, 0.15) is 24.3 Å². The van der Waals surface area contributed by atoms with Gasteiger partial charge in [-0.15, -0.1) is 0 Å². The third-order valence-corrected chi connectivity index (χ3v) is 4.61. The molecule has 0 aliphatic rings. The first-order valence-electron chi connectivity index (χ1n) is 5.49. The Morgan fingerprint density at radius 3 is 2.50 bits per heavy atom. The Labute approximate surface area is 128 Å². The fourth-order valence-electron chi connectivity index (χ4n) is 1.60. The highest BCUT2D eigenvalue weighted by Gasteiger charge is 2.09. The van der Waals surface area contributed by atoms with E-state index in [0.717, 1.165) is 19.9 Å². The van der Waals surface area contributed by atoms with E-state index in [4.69, 9.17) is 16.0 Å². The van der Waals surface area contributed by atoms with Crippen molar-refractivity contribution < 1.29 is 4.42 Å². The van der Waals surface area contributed by atoms with Gasteiger partial charge in [0, 0.05) is 11.1 Å². The topological polar surface area (TPSA) is 25.2 Å². The van der Waals surface area contributed by atoms with Crippen LogP contribution in [-0.2, 0) is 6.54 Å². The van der Waals surface area contributed by atoms with E-state index in [2.05, 4.69) is 44.1 Å². The summed E-state index contributed by atoms with van der Waals surface area (Å²) in [4.78, 5) is 0. The summed E-state index contributed by atoms with van der Waals surface area (Å²) < 4.78 is 7.16. The monoisotopic (exact) mass is 391 g/mol. The van der Waals surface area contributed by atoms with Crippen LogP contribution in [0.25, 0.3) is 0 Å². The van der Waals surface area contributed by atoms with Gasteiger partial charge >= 0.3 is 0 Å². The fourth-order valence-corrected chi connectivity index (χ4v) is 2.39. The van der Waals surface area contributed by atoms with Gasteiger partial charge in [0.15, 0.2) is 4.67 Å². The minimum absolute atomic E-state index is 0.241. The van der Waals surface area contributed by atoms with Gasteiger partial charge in [0.05, 0.1) is 11.0 Å². The average molecular weight is 394 g/mol. The SMILES string of the molecule is C[C@H](NCc1cc(Br)c(Br)o1)c1ccc(Cl)cc1. The molecule has 18 heavy (non-hydrogen) atoms. The molecule has 1 N–H and O–H groups in total. The highest BCUT2D eigenvalue weighted by atomic mass is 79.9. The molecule has 0 aliphatic heterocycles. The lowest BCUT2D eigenvalue weighted by atomic mass is 10.1. The molecule has 1 aromatic heterocycles. The first-order chi connectivity index (χ1) is 8.56. The van der Waals surface area contributed by atoms with E-state index in [1.807, 2.05) is 30.3 Å². The normalized spacial score (nSPS) is 12.7. The van der Waals surface area contributed by atoms with Gasteiger partial charge in [-0.3, -0.25) is 0 Å². The van der Waals surface area contributed by atoms with Crippen molar-refractivity contribution in [2.24, 2.45) is 0 Å². The van der Waals surface area contributed by atoms with Crippen LogP contribution in [0.4, 0.5) is 0 Å². The lowest BCUT2D eigenvalue weighted by Gasteiger charge is -2.13. The number of rotatable bonds is 4. The van der Waals surface area contributed by atoms with Crippen LogP contribution in [0.5, 0.6) is 0 Å². The maximum atomic E-state index is 5.86. The van der Waals surface area contributed by atoms with Crippen LogP contribution < -0.4 is 5.32 Å². The second-order valence-corrected chi connectivity index (χ2v) is 6.00. The zero-order valence-corrected chi connectivity index (χ0v) is 13.6. The summed E-state index contributed by atoms with van der Waals surface area (Å²) in [6.07, 6.45) is 0. The first kappa shape index (κ1) is 14.1. The lowest BCUT2D eigenvalue weighted by Crippen LogP contribution is -2.17. The van der Waals surface area contributed by atoms with E-state index in [-0.39, 0.29) is 6.04 Å². The van der Waals surface area contributed by atoms with Crippen molar-refractivity contribution in [2.75, 3.05) is 0 Å². The number of benzene rings is 1. The summed E-state index contributed by atoms with van der Waals surface area (Å²) in [6.45, 7) is 2.78. The zero-order valence-electron chi connectivity index (χ0n) is 9.71. The molecular weight excluding hydrogens is 381 g/mol. The minimum Gasteiger partial charge on any atom is -0.452 e. The summed E-state index contributed by atoms with van der Waals surface area (Å²) in [5.74, 6) is 0.884. The van der Waals surface area contributed by atoms with E-state index < -0.39 is 0 Å². The molecule has 5 heteroatoms. The van der Waals surface area contributed by atoms with Crippen LogP contribution >= 0.6 is 43.5 Å². The number of hydrogen-bond acceptors (Lipinski definition) is 2. The van der Waals surface area contributed by atoms with Gasteiger partial charge in [0.2, 0.25) is 0 Å². The molecule has 1 atom stereocenters. The molecule has 96 valence electrons. The van der Waals surface area contributed by atoms with Crippen molar-refractivity contribution in [3.05, 3.63) is 55.8 Å². The highest BCUT2D eigenvalue weighted by Crippen LogP contribution is 2.27. The maximum absolute atomic E-state index is 5.86. The van der Waals surface area contributed by atoms with Gasteiger partial charge in [-0.1, -0.05) is 23.7 Å². The number of hydrogen-bond donors (Lipinski definition) is 1. The molecule has 0 saturated heterocycles. The standard InChI is InChI=1S/C13H12Br2ClNO/c1-8(9-2-4-10(16)5-3-9)17-7-11-6-12(14)13(15)18-11/h2-6,8,17H,7H2,1H3/t8-/m0/s1. The average Bonchev–Trinajstić information content (AvgIpc) is 2.67. The van der Waals surface area contributed by atoms with E-state index in [0.29, 0.717) is 6.54 Å². The summed E-state index contributed by atoms with van der Waals surface area (Å²) in [6, 6.07) is 10.0. The smallest absolute Gasteiger partial charge is 0.183 e. The van der Waals surface area contributed by atoms with E-state index in [1.165, 1.54) is 5.56 Å².